The molecule has 2 aromatic rings. The van der Waals surface area contributed by atoms with Gasteiger partial charge in [-0.25, -0.2) is 0 Å². The van der Waals surface area contributed by atoms with Crippen molar-refractivity contribution >= 4 is 15.9 Å². The van der Waals surface area contributed by atoms with Gasteiger partial charge >= 0.3 is 0 Å². The van der Waals surface area contributed by atoms with Crippen LogP contribution < -0.4 is 0 Å². The summed E-state index contributed by atoms with van der Waals surface area (Å²) >= 11 is 3.62. The van der Waals surface area contributed by atoms with Crippen molar-refractivity contribution in [2.24, 2.45) is 0 Å². The summed E-state index contributed by atoms with van der Waals surface area (Å²) in [6.45, 7) is 7.15. The zero-order valence-corrected chi connectivity index (χ0v) is 13.8. The van der Waals surface area contributed by atoms with Crippen LogP contribution in [0.1, 0.15) is 35.4 Å². The molecule has 20 heavy (non-hydrogen) atoms. The van der Waals surface area contributed by atoms with Crippen LogP contribution in [0.25, 0.3) is 0 Å². The average Bonchev–Trinajstić information content (AvgIpc) is 2.71. The number of aryl methyl sites for hydroxylation is 3. The molecular weight excluding hydrogens is 316 g/mol. The molecule has 3 nitrogen and oxygen atoms in total. The standard InChI is InChI=1S/C16H21BrN2O/c1-4-19-15(16(17)12(3)18-19)9-14(10-20)13-7-5-6-11(2)8-13/h5-8,14,20H,4,9-10H2,1-3H3. The quantitative estimate of drug-likeness (QED) is 0.905. The molecular formula is C16H21BrN2O. The smallest absolute Gasteiger partial charge is 0.0738 e. The number of hydrogen-bond donors (Lipinski definition) is 1. The van der Waals surface area contributed by atoms with E-state index in [4.69, 9.17) is 0 Å². The van der Waals surface area contributed by atoms with Crippen LogP contribution in [0.2, 0.25) is 0 Å². The molecule has 2 rings (SSSR count). The molecule has 0 bridgehead atoms. The number of nitrogens with zero attached hydrogens (tertiary/aromatic N) is 2. The van der Waals surface area contributed by atoms with Crippen LogP contribution in [0, 0.1) is 13.8 Å². The molecule has 0 fully saturated rings. The number of aromatic nitrogens is 2. The monoisotopic (exact) mass is 336 g/mol. The van der Waals surface area contributed by atoms with Crippen LogP contribution in [0.15, 0.2) is 28.7 Å². The maximum absolute atomic E-state index is 9.75. The van der Waals surface area contributed by atoms with Gasteiger partial charge in [-0.2, -0.15) is 5.10 Å². The third kappa shape index (κ3) is 3.13. The molecule has 0 aliphatic rings. The second-order valence-corrected chi connectivity index (χ2v) is 5.95. The summed E-state index contributed by atoms with van der Waals surface area (Å²) in [5.74, 6) is 0.104. The van der Waals surface area contributed by atoms with E-state index < -0.39 is 0 Å². The summed E-state index contributed by atoms with van der Waals surface area (Å²) in [6, 6.07) is 8.36. The lowest BCUT2D eigenvalue weighted by molar-refractivity contribution is 0.262. The molecule has 1 atom stereocenters. The Labute approximate surface area is 128 Å². The van der Waals surface area contributed by atoms with Gasteiger partial charge in [0.05, 0.1) is 22.5 Å². The van der Waals surface area contributed by atoms with Gasteiger partial charge in [-0.1, -0.05) is 29.8 Å². The maximum atomic E-state index is 9.75. The Morgan fingerprint density at radius 2 is 2.10 bits per heavy atom. The Morgan fingerprint density at radius 1 is 1.35 bits per heavy atom. The van der Waals surface area contributed by atoms with Gasteiger partial charge in [-0.15, -0.1) is 0 Å². The summed E-state index contributed by atoms with van der Waals surface area (Å²) in [5.41, 5.74) is 4.56. The van der Waals surface area contributed by atoms with E-state index in [1.54, 1.807) is 0 Å². The molecule has 0 saturated heterocycles. The lowest BCUT2D eigenvalue weighted by Gasteiger charge is -2.16. The van der Waals surface area contributed by atoms with E-state index in [9.17, 15) is 5.11 Å². The van der Waals surface area contributed by atoms with E-state index in [-0.39, 0.29) is 12.5 Å². The van der Waals surface area contributed by atoms with Crippen LogP contribution in [-0.2, 0) is 13.0 Å². The maximum Gasteiger partial charge on any atom is 0.0738 e. The van der Waals surface area contributed by atoms with Crippen LogP contribution in [-0.4, -0.2) is 21.5 Å². The highest BCUT2D eigenvalue weighted by Crippen LogP contribution is 2.28. The van der Waals surface area contributed by atoms with Gasteiger partial charge in [0.15, 0.2) is 0 Å². The van der Waals surface area contributed by atoms with Crippen LogP contribution >= 0.6 is 15.9 Å². The first-order chi connectivity index (χ1) is 9.56. The van der Waals surface area contributed by atoms with Gasteiger partial charge in [-0.05, 0) is 48.7 Å². The van der Waals surface area contributed by atoms with E-state index in [0.717, 1.165) is 28.8 Å². The number of aliphatic hydroxyl groups excluding tert-OH is 1. The molecule has 0 aliphatic heterocycles. The van der Waals surface area contributed by atoms with E-state index in [0.29, 0.717) is 0 Å². The molecule has 1 aromatic heterocycles. The predicted octanol–water partition coefficient (Wildman–Crippen LogP) is 3.60. The molecule has 0 amide bonds. The van der Waals surface area contributed by atoms with E-state index in [1.807, 2.05) is 17.7 Å². The van der Waals surface area contributed by atoms with Crippen LogP contribution in [0.3, 0.4) is 0 Å². The minimum Gasteiger partial charge on any atom is -0.396 e. The van der Waals surface area contributed by atoms with Gasteiger partial charge in [0.25, 0.3) is 0 Å². The minimum absolute atomic E-state index is 0.104. The molecule has 4 heteroatoms. The average molecular weight is 337 g/mol. The van der Waals surface area contributed by atoms with Gasteiger partial charge in [-0.3, -0.25) is 4.68 Å². The van der Waals surface area contributed by atoms with Gasteiger partial charge in [0.2, 0.25) is 0 Å². The fraction of sp³-hybridized carbons (Fsp3) is 0.438. The van der Waals surface area contributed by atoms with E-state index >= 15 is 0 Å². The zero-order chi connectivity index (χ0) is 14.7. The molecule has 0 aliphatic carbocycles. The van der Waals surface area contributed by atoms with Crippen molar-refractivity contribution in [3.8, 4) is 0 Å². The minimum atomic E-state index is 0.104. The van der Waals surface area contributed by atoms with Crippen molar-refractivity contribution in [3.05, 3.63) is 51.3 Å². The summed E-state index contributed by atoms with van der Waals surface area (Å²) in [5, 5.41) is 14.3. The predicted molar refractivity (Wildman–Crippen MR) is 85.0 cm³/mol. The highest BCUT2D eigenvalue weighted by molar-refractivity contribution is 9.10. The van der Waals surface area contributed by atoms with Crippen molar-refractivity contribution in [2.45, 2.75) is 39.7 Å². The number of halogens is 1. The number of benzene rings is 1. The Morgan fingerprint density at radius 3 is 2.70 bits per heavy atom. The van der Waals surface area contributed by atoms with Gasteiger partial charge in [0.1, 0.15) is 0 Å². The number of aliphatic hydroxyl groups is 1. The summed E-state index contributed by atoms with van der Waals surface area (Å²) in [4.78, 5) is 0. The highest BCUT2D eigenvalue weighted by Gasteiger charge is 2.18. The van der Waals surface area contributed by atoms with E-state index in [1.165, 1.54) is 11.1 Å². The largest absolute Gasteiger partial charge is 0.396 e. The Kier molecular flexibility index (Phi) is 5.00. The number of hydrogen-bond acceptors (Lipinski definition) is 2. The topological polar surface area (TPSA) is 38.0 Å². The SMILES string of the molecule is CCn1nc(C)c(Br)c1CC(CO)c1cccc(C)c1. The summed E-state index contributed by atoms with van der Waals surface area (Å²) < 4.78 is 3.07. The van der Waals surface area contributed by atoms with Crippen LogP contribution in [0.4, 0.5) is 0 Å². The fourth-order valence-electron chi connectivity index (χ4n) is 2.51. The molecule has 0 saturated carbocycles. The Bertz CT molecular complexity index is 592. The Balaban J connectivity index is 2.31. The van der Waals surface area contributed by atoms with Gasteiger partial charge < -0.3 is 5.11 Å². The van der Waals surface area contributed by atoms with Crippen molar-refractivity contribution < 1.29 is 5.11 Å². The first kappa shape index (κ1) is 15.3. The van der Waals surface area contributed by atoms with Crippen molar-refractivity contribution in [3.63, 3.8) is 0 Å². The van der Waals surface area contributed by atoms with Crippen molar-refractivity contribution in [2.75, 3.05) is 6.61 Å². The molecule has 1 unspecified atom stereocenters. The second-order valence-electron chi connectivity index (χ2n) is 5.16. The normalized spacial score (nSPS) is 12.7. The zero-order valence-electron chi connectivity index (χ0n) is 12.2. The first-order valence-electron chi connectivity index (χ1n) is 6.96. The molecule has 108 valence electrons. The molecule has 1 N–H and O–H groups in total. The van der Waals surface area contributed by atoms with Crippen molar-refractivity contribution in [1.82, 2.24) is 9.78 Å². The lowest BCUT2D eigenvalue weighted by Crippen LogP contribution is -2.12. The summed E-state index contributed by atoms with van der Waals surface area (Å²) in [6.07, 6.45) is 0.787. The van der Waals surface area contributed by atoms with Gasteiger partial charge in [0, 0.05) is 12.5 Å². The van der Waals surface area contributed by atoms with Crippen molar-refractivity contribution in [1.29, 1.82) is 0 Å². The third-order valence-electron chi connectivity index (χ3n) is 3.63. The molecule has 0 spiro atoms. The first-order valence-corrected chi connectivity index (χ1v) is 7.75. The third-order valence-corrected chi connectivity index (χ3v) is 4.66. The van der Waals surface area contributed by atoms with E-state index in [2.05, 4.69) is 53.1 Å². The fourth-order valence-corrected chi connectivity index (χ4v) is 2.96. The second kappa shape index (κ2) is 6.55. The molecule has 0 radical (unpaired) electrons. The highest BCUT2D eigenvalue weighted by atomic mass is 79.9. The summed E-state index contributed by atoms with van der Waals surface area (Å²) in [7, 11) is 0. The Hall–Kier alpha value is -1.13. The molecule has 1 heterocycles. The lowest BCUT2D eigenvalue weighted by atomic mass is 9.93. The number of rotatable bonds is 5. The molecule has 1 aromatic carbocycles. The van der Waals surface area contributed by atoms with Crippen LogP contribution in [0.5, 0.6) is 0 Å².